The van der Waals surface area contributed by atoms with E-state index in [4.69, 9.17) is 9.52 Å². The first-order chi connectivity index (χ1) is 13.3. The summed E-state index contributed by atoms with van der Waals surface area (Å²) in [5.74, 6) is -0.0625. The Balaban J connectivity index is 0.000000327. The van der Waals surface area contributed by atoms with Crippen LogP contribution in [-0.2, 0) is 24.9 Å². The number of furan rings is 1. The number of carbonyl (C=O) groups excluding carboxylic acids is 1. The second kappa shape index (κ2) is 9.59. The van der Waals surface area contributed by atoms with Gasteiger partial charge in [0, 0.05) is 56.0 Å². The Labute approximate surface area is 182 Å². The Kier molecular flexibility index (Phi) is 7.43. The molecule has 4 aromatic rings. The Morgan fingerprint density at radius 1 is 1.10 bits per heavy atom. The molecule has 151 valence electrons. The number of pyridine rings is 2. The minimum Gasteiger partial charge on any atom is -0.512 e. The van der Waals surface area contributed by atoms with Gasteiger partial charge < -0.3 is 9.52 Å². The van der Waals surface area contributed by atoms with E-state index >= 15 is 0 Å². The summed E-state index contributed by atoms with van der Waals surface area (Å²) in [6.07, 6.45) is 6.57. The van der Waals surface area contributed by atoms with E-state index in [0.717, 1.165) is 44.3 Å². The van der Waals surface area contributed by atoms with Crippen molar-refractivity contribution in [3.8, 4) is 11.3 Å². The summed E-state index contributed by atoms with van der Waals surface area (Å²) in [7, 11) is 0. The van der Waals surface area contributed by atoms with Crippen LogP contribution in [0.5, 0.6) is 0 Å². The van der Waals surface area contributed by atoms with Crippen molar-refractivity contribution < 1.29 is 34.4 Å². The first-order valence-corrected chi connectivity index (χ1v) is 8.85. The number of aliphatic hydroxyl groups excluding tert-OH is 1. The van der Waals surface area contributed by atoms with E-state index in [9.17, 15) is 4.79 Å². The minimum absolute atomic E-state index is 0. The number of hydrogen-bond donors (Lipinski definition) is 1. The van der Waals surface area contributed by atoms with Crippen molar-refractivity contribution in [2.24, 2.45) is 0 Å². The van der Waals surface area contributed by atoms with Crippen molar-refractivity contribution >= 4 is 27.7 Å². The summed E-state index contributed by atoms with van der Waals surface area (Å²) in [6.45, 7) is 6.91. The van der Waals surface area contributed by atoms with Crippen LogP contribution in [0.25, 0.3) is 33.1 Å². The van der Waals surface area contributed by atoms with E-state index in [1.807, 2.05) is 38.4 Å². The normalized spacial score (nSPS) is 11.0. The number of ketones is 1. The SMILES string of the molecule is CC(=O)/C=C(/C)O.Cc1ccc(-c2[c-]c3ccoc3c3ncc(C)cc23)nc1.[Ir]. The molecule has 0 unspecified atom stereocenters. The van der Waals surface area contributed by atoms with Crippen molar-refractivity contribution in [3.05, 3.63) is 72.0 Å². The molecule has 0 fully saturated rings. The number of rotatable bonds is 2. The Morgan fingerprint density at radius 3 is 2.41 bits per heavy atom. The van der Waals surface area contributed by atoms with Crippen LogP contribution >= 0.6 is 0 Å². The third-order valence-corrected chi connectivity index (χ3v) is 4.01. The zero-order valence-corrected chi connectivity index (χ0v) is 19.0. The summed E-state index contributed by atoms with van der Waals surface area (Å²) < 4.78 is 5.57. The summed E-state index contributed by atoms with van der Waals surface area (Å²) >= 11 is 0. The molecule has 0 atom stereocenters. The topological polar surface area (TPSA) is 76.2 Å². The monoisotopic (exact) mass is 566 g/mol. The molecule has 6 heteroatoms. The van der Waals surface area contributed by atoms with Gasteiger partial charge >= 0.3 is 0 Å². The van der Waals surface area contributed by atoms with Gasteiger partial charge in [-0.15, -0.1) is 6.07 Å². The molecule has 3 heterocycles. The summed E-state index contributed by atoms with van der Waals surface area (Å²) in [6, 6.07) is 11.5. The van der Waals surface area contributed by atoms with Crippen LogP contribution in [0.2, 0.25) is 0 Å². The molecular weight excluding hydrogens is 544 g/mol. The van der Waals surface area contributed by atoms with E-state index in [1.165, 1.54) is 19.9 Å². The first-order valence-electron chi connectivity index (χ1n) is 8.85. The van der Waals surface area contributed by atoms with Crippen LogP contribution in [0.15, 0.2) is 59.2 Å². The molecule has 0 saturated carbocycles. The molecule has 5 nitrogen and oxygen atoms in total. The molecule has 1 aromatic carbocycles. The van der Waals surface area contributed by atoms with Gasteiger partial charge in [-0.05, 0) is 38.8 Å². The summed E-state index contributed by atoms with van der Waals surface area (Å²) in [5.41, 5.74) is 5.76. The maximum atomic E-state index is 10.0. The van der Waals surface area contributed by atoms with Crippen LogP contribution in [0.1, 0.15) is 25.0 Å². The number of fused-ring (bicyclic) bond motifs is 3. The largest absolute Gasteiger partial charge is 0.512 e. The number of aryl methyl sites for hydroxylation is 2. The molecule has 0 aliphatic carbocycles. The number of hydrogen-bond acceptors (Lipinski definition) is 5. The maximum absolute atomic E-state index is 10.0. The minimum atomic E-state index is -0.125. The quantitative estimate of drug-likeness (QED) is 0.198. The van der Waals surface area contributed by atoms with Crippen molar-refractivity contribution in [1.29, 1.82) is 0 Å². The fraction of sp³-hybridized carbons (Fsp3) is 0.174. The van der Waals surface area contributed by atoms with Crippen LogP contribution < -0.4 is 0 Å². The van der Waals surface area contributed by atoms with Crippen LogP contribution in [-0.4, -0.2) is 20.9 Å². The van der Waals surface area contributed by atoms with E-state index in [0.29, 0.717) is 0 Å². The van der Waals surface area contributed by atoms with Crippen LogP contribution in [0, 0.1) is 19.9 Å². The maximum Gasteiger partial charge on any atom is 0.155 e. The van der Waals surface area contributed by atoms with E-state index in [1.54, 1.807) is 6.26 Å². The van der Waals surface area contributed by atoms with Crippen molar-refractivity contribution in [2.75, 3.05) is 0 Å². The molecule has 0 bridgehead atoms. The number of benzene rings is 1. The molecule has 0 aliphatic rings. The van der Waals surface area contributed by atoms with Gasteiger partial charge in [0.25, 0.3) is 0 Å². The van der Waals surface area contributed by atoms with Gasteiger partial charge in [-0.2, -0.15) is 0 Å². The second-order valence-corrected chi connectivity index (χ2v) is 6.69. The molecule has 0 amide bonds. The fourth-order valence-corrected chi connectivity index (χ4v) is 2.85. The van der Waals surface area contributed by atoms with Crippen molar-refractivity contribution in [1.82, 2.24) is 9.97 Å². The standard InChI is InChI=1S/C18H13N2O.C5H8O2.Ir/c1-11-3-4-16(19-9-11)14-8-13-5-6-21-18(13)17-15(14)7-12(2)10-20-17;1-4(6)3-5(2)7;/h3-7,9-10H,1-2H3;3,6H,1-2H3;/q-1;;/b;4-3-;. The zero-order valence-electron chi connectivity index (χ0n) is 16.6. The van der Waals surface area contributed by atoms with Crippen molar-refractivity contribution in [3.63, 3.8) is 0 Å². The van der Waals surface area contributed by atoms with Gasteiger partial charge in [-0.25, -0.2) is 0 Å². The van der Waals surface area contributed by atoms with Crippen molar-refractivity contribution in [2.45, 2.75) is 27.7 Å². The molecule has 0 aliphatic heterocycles. The molecule has 1 radical (unpaired) electrons. The molecule has 0 spiro atoms. The molecule has 3 aromatic heterocycles. The summed E-state index contributed by atoms with van der Waals surface area (Å²) in [4.78, 5) is 19.1. The Morgan fingerprint density at radius 2 is 1.83 bits per heavy atom. The average molecular weight is 566 g/mol. The molecule has 0 saturated heterocycles. The van der Waals surface area contributed by atoms with Crippen LogP contribution in [0.4, 0.5) is 0 Å². The molecular formula is C23H21IrN2O3-. The molecule has 4 rings (SSSR count). The number of allylic oxidation sites excluding steroid dienone is 2. The predicted octanol–water partition coefficient (Wildman–Crippen LogP) is 5.49. The molecule has 29 heavy (non-hydrogen) atoms. The van der Waals surface area contributed by atoms with Gasteiger partial charge in [0.05, 0.1) is 11.3 Å². The van der Waals surface area contributed by atoms with Gasteiger partial charge in [0.2, 0.25) is 0 Å². The predicted molar refractivity (Wildman–Crippen MR) is 110 cm³/mol. The molecule has 1 N–H and O–H groups in total. The van der Waals surface area contributed by atoms with Gasteiger partial charge in [0.1, 0.15) is 0 Å². The summed E-state index contributed by atoms with van der Waals surface area (Å²) in [5, 5.41) is 10.3. The zero-order chi connectivity index (χ0) is 20.3. The first kappa shape index (κ1) is 22.5. The number of nitrogens with zero attached hydrogens (tertiary/aromatic N) is 2. The Hall–Kier alpha value is -2.82. The smallest absolute Gasteiger partial charge is 0.155 e. The Bertz CT molecular complexity index is 1170. The second-order valence-electron chi connectivity index (χ2n) is 6.69. The van der Waals surface area contributed by atoms with E-state index in [2.05, 4.69) is 28.2 Å². The van der Waals surface area contributed by atoms with E-state index < -0.39 is 0 Å². The third kappa shape index (κ3) is 5.37. The van der Waals surface area contributed by atoms with Gasteiger partial charge in [-0.1, -0.05) is 40.6 Å². The number of aliphatic hydroxyl groups is 1. The van der Waals surface area contributed by atoms with Gasteiger partial charge in [0.15, 0.2) is 5.78 Å². The van der Waals surface area contributed by atoms with Crippen LogP contribution in [0.3, 0.4) is 0 Å². The fourth-order valence-electron chi connectivity index (χ4n) is 2.85. The number of carbonyl (C=O) groups is 1. The van der Waals surface area contributed by atoms with Gasteiger partial charge in [-0.3, -0.25) is 14.8 Å². The van der Waals surface area contributed by atoms with E-state index in [-0.39, 0.29) is 31.6 Å². The average Bonchev–Trinajstić information content (AvgIpc) is 3.09. The third-order valence-electron chi connectivity index (χ3n) is 4.01. The number of aromatic nitrogens is 2.